The van der Waals surface area contributed by atoms with Crippen LogP contribution in [0.2, 0.25) is 0 Å². The van der Waals surface area contributed by atoms with Crippen molar-refractivity contribution in [3.8, 4) is 0 Å². The van der Waals surface area contributed by atoms with Crippen LogP contribution in [0.1, 0.15) is 28.3 Å². The van der Waals surface area contributed by atoms with Gasteiger partial charge in [0.05, 0.1) is 6.42 Å². The predicted molar refractivity (Wildman–Crippen MR) is 95.1 cm³/mol. The van der Waals surface area contributed by atoms with E-state index in [0.717, 1.165) is 16.3 Å². The fraction of sp³-hybridized carbons (Fsp3) is 0.235. The Kier molecular flexibility index (Phi) is 5.15. The molecular formula is C17H17N3OS2. The maximum atomic E-state index is 12.0. The van der Waals surface area contributed by atoms with Gasteiger partial charge in [0.1, 0.15) is 5.01 Å². The summed E-state index contributed by atoms with van der Waals surface area (Å²) >= 11 is 3.03. The highest BCUT2D eigenvalue weighted by molar-refractivity contribution is 7.15. The molecular weight excluding hydrogens is 326 g/mol. The Morgan fingerprint density at radius 1 is 1.17 bits per heavy atom. The Balaban J connectivity index is 1.56. The number of thiophene rings is 1. The van der Waals surface area contributed by atoms with E-state index in [0.29, 0.717) is 17.5 Å². The highest BCUT2D eigenvalue weighted by Gasteiger charge is 2.12. The van der Waals surface area contributed by atoms with Gasteiger partial charge in [-0.1, -0.05) is 54.7 Å². The third-order valence-electron chi connectivity index (χ3n) is 3.48. The number of carbonyl (C=O) groups is 1. The van der Waals surface area contributed by atoms with Crippen molar-refractivity contribution in [3.63, 3.8) is 0 Å². The molecule has 0 radical (unpaired) electrons. The normalized spacial score (nSPS) is 12.0. The zero-order valence-corrected chi connectivity index (χ0v) is 14.4. The average molecular weight is 343 g/mol. The molecule has 1 amide bonds. The number of benzene rings is 1. The maximum Gasteiger partial charge on any atom is 0.231 e. The number of anilines is 1. The first-order chi connectivity index (χ1) is 11.2. The lowest BCUT2D eigenvalue weighted by Crippen LogP contribution is -2.13. The van der Waals surface area contributed by atoms with Gasteiger partial charge in [-0.2, -0.15) is 0 Å². The Bertz CT molecular complexity index is 753. The van der Waals surface area contributed by atoms with E-state index in [1.165, 1.54) is 16.9 Å². The fourth-order valence-corrected chi connectivity index (χ4v) is 3.87. The number of amides is 1. The van der Waals surface area contributed by atoms with Gasteiger partial charge < -0.3 is 5.32 Å². The Morgan fingerprint density at radius 3 is 2.74 bits per heavy atom. The van der Waals surface area contributed by atoms with Crippen LogP contribution in [0.25, 0.3) is 0 Å². The first-order valence-electron chi connectivity index (χ1n) is 7.40. The summed E-state index contributed by atoms with van der Waals surface area (Å²) in [5.74, 6) is 0.324. The van der Waals surface area contributed by atoms with Crippen molar-refractivity contribution in [2.45, 2.75) is 25.7 Å². The number of nitrogens with one attached hydrogen (secondary N) is 1. The molecule has 1 N–H and O–H groups in total. The highest BCUT2D eigenvalue weighted by atomic mass is 32.1. The molecule has 3 aromatic rings. The second-order valence-electron chi connectivity index (χ2n) is 5.32. The number of rotatable bonds is 6. The molecule has 0 aliphatic carbocycles. The van der Waals surface area contributed by atoms with E-state index in [9.17, 15) is 4.79 Å². The van der Waals surface area contributed by atoms with Crippen LogP contribution in [0.15, 0.2) is 47.8 Å². The van der Waals surface area contributed by atoms with Crippen molar-refractivity contribution in [2.75, 3.05) is 5.32 Å². The summed E-state index contributed by atoms with van der Waals surface area (Å²) in [6.45, 7) is 2.17. The summed E-state index contributed by atoms with van der Waals surface area (Å²) in [6, 6.07) is 14.2. The van der Waals surface area contributed by atoms with Crippen LogP contribution in [-0.4, -0.2) is 16.1 Å². The quantitative estimate of drug-likeness (QED) is 0.732. The summed E-state index contributed by atoms with van der Waals surface area (Å²) in [4.78, 5) is 13.0. The SMILES string of the molecule is C[C@@H](Cc1nnc(NC(=O)Cc2cccs2)s1)c1ccccc1. The molecule has 0 saturated heterocycles. The molecule has 3 rings (SSSR count). The molecule has 0 aliphatic heterocycles. The smallest absolute Gasteiger partial charge is 0.231 e. The van der Waals surface area contributed by atoms with Gasteiger partial charge >= 0.3 is 0 Å². The summed E-state index contributed by atoms with van der Waals surface area (Å²) in [6.07, 6.45) is 1.20. The van der Waals surface area contributed by atoms with E-state index in [1.807, 2.05) is 35.7 Å². The third-order valence-corrected chi connectivity index (χ3v) is 5.21. The third kappa shape index (κ3) is 4.46. The lowest BCUT2D eigenvalue weighted by Gasteiger charge is -2.08. The van der Waals surface area contributed by atoms with Gasteiger partial charge in [0, 0.05) is 11.3 Å². The van der Waals surface area contributed by atoms with Crippen LogP contribution < -0.4 is 5.32 Å². The molecule has 4 nitrogen and oxygen atoms in total. The first kappa shape index (κ1) is 15.8. The summed E-state index contributed by atoms with van der Waals surface area (Å²) in [5.41, 5.74) is 1.28. The van der Waals surface area contributed by atoms with Crippen LogP contribution in [0.3, 0.4) is 0 Å². The molecule has 2 heterocycles. The minimum atomic E-state index is -0.0498. The zero-order chi connectivity index (χ0) is 16.1. The van der Waals surface area contributed by atoms with Crippen molar-refractivity contribution in [3.05, 3.63) is 63.3 Å². The standard InChI is InChI=1S/C17H17N3OS2/c1-12(13-6-3-2-4-7-13)10-16-19-20-17(23-16)18-15(21)11-14-8-5-9-22-14/h2-9,12H,10-11H2,1H3,(H,18,20,21)/t12-/m0/s1. The molecule has 0 fully saturated rings. The molecule has 1 atom stereocenters. The maximum absolute atomic E-state index is 12.0. The van der Waals surface area contributed by atoms with Gasteiger partial charge in [-0.15, -0.1) is 21.5 Å². The molecule has 118 valence electrons. The molecule has 0 spiro atoms. The molecule has 2 aromatic heterocycles. The molecule has 0 aliphatic rings. The second kappa shape index (κ2) is 7.48. The van der Waals surface area contributed by atoms with Gasteiger partial charge in [-0.3, -0.25) is 4.79 Å². The number of aromatic nitrogens is 2. The first-order valence-corrected chi connectivity index (χ1v) is 9.10. The molecule has 6 heteroatoms. The zero-order valence-electron chi connectivity index (χ0n) is 12.7. The van der Waals surface area contributed by atoms with Crippen molar-refractivity contribution >= 4 is 33.7 Å². The molecule has 0 unspecified atom stereocenters. The molecule has 0 bridgehead atoms. The van der Waals surface area contributed by atoms with Crippen molar-refractivity contribution in [2.24, 2.45) is 0 Å². The Labute approximate surface area is 143 Å². The van der Waals surface area contributed by atoms with E-state index >= 15 is 0 Å². The summed E-state index contributed by atoms with van der Waals surface area (Å²) < 4.78 is 0. The minimum absolute atomic E-state index is 0.0498. The van der Waals surface area contributed by atoms with Crippen molar-refractivity contribution < 1.29 is 4.79 Å². The van der Waals surface area contributed by atoms with Crippen LogP contribution >= 0.6 is 22.7 Å². The average Bonchev–Trinajstić information content (AvgIpc) is 3.20. The topological polar surface area (TPSA) is 54.9 Å². The lowest BCUT2D eigenvalue weighted by atomic mass is 9.98. The molecule has 0 saturated carbocycles. The van der Waals surface area contributed by atoms with Gasteiger partial charge in [-0.05, 0) is 22.9 Å². The van der Waals surface area contributed by atoms with Crippen LogP contribution in [0.5, 0.6) is 0 Å². The number of nitrogens with zero attached hydrogens (tertiary/aromatic N) is 2. The van der Waals surface area contributed by atoms with Crippen LogP contribution in [0, 0.1) is 0 Å². The van der Waals surface area contributed by atoms with E-state index in [1.54, 1.807) is 11.3 Å². The van der Waals surface area contributed by atoms with E-state index in [-0.39, 0.29) is 5.91 Å². The van der Waals surface area contributed by atoms with Gasteiger partial charge in [-0.25, -0.2) is 0 Å². The second-order valence-corrected chi connectivity index (χ2v) is 7.42. The molecule has 23 heavy (non-hydrogen) atoms. The molecule has 1 aromatic carbocycles. The van der Waals surface area contributed by atoms with Crippen molar-refractivity contribution in [1.29, 1.82) is 0 Å². The van der Waals surface area contributed by atoms with Crippen LogP contribution in [-0.2, 0) is 17.6 Å². The Hall–Kier alpha value is -2.05. The van der Waals surface area contributed by atoms with E-state index in [4.69, 9.17) is 0 Å². The number of hydrogen-bond donors (Lipinski definition) is 1. The predicted octanol–water partition coefficient (Wildman–Crippen LogP) is 4.13. The van der Waals surface area contributed by atoms with Gasteiger partial charge in [0.15, 0.2) is 0 Å². The summed E-state index contributed by atoms with van der Waals surface area (Å²) in [7, 11) is 0. The van der Waals surface area contributed by atoms with Gasteiger partial charge in [0.2, 0.25) is 11.0 Å². The lowest BCUT2D eigenvalue weighted by molar-refractivity contribution is -0.115. The largest absolute Gasteiger partial charge is 0.300 e. The number of carbonyl (C=O) groups excluding carboxylic acids is 1. The minimum Gasteiger partial charge on any atom is -0.300 e. The van der Waals surface area contributed by atoms with Crippen molar-refractivity contribution in [1.82, 2.24) is 10.2 Å². The van der Waals surface area contributed by atoms with E-state index < -0.39 is 0 Å². The highest BCUT2D eigenvalue weighted by Crippen LogP contribution is 2.24. The van der Waals surface area contributed by atoms with Crippen LogP contribution in [0.4, 0.5) is 5.13 Å². The van der Waals surface area contributed by atoms with E-state index in [2.05, 4.69) is 34.6 Å². The summed E-state index contributed by atoms with van der Waals surface area (Å²) in [5, 5.41) is 14.6. The monoisotopic (exact) mass is 343 g/mol. The number of hydrogen-bond acceptors (Lipinski definition) is 5. The Morgan fingerprint density at radius 2 is 2.00 bits per heavy atom. The van der Waals surface area contributed by atoms with Gasteiger partial charge in [0.25, 0.3) is 0 Å². The fourth-order valence-electron chi connectivity index (χ4n) is 2.28.